The van der Waals surface area contributed by atoms with E-state index in [2.05, 4.69) is 14.8 Å². The van der Waals surface area contributed by atoms with Crippen molar-refractivity contribution < 1.29 is 33.0 Å². The number of carbonyl (C=O) groups excluding carboxylic acids is 3. The molecule has 2 aromatic carbocycles. The highest BCUT2D eigenvalue weighted by Crippen LogP contribution is 2.21. The van der Waals surface area contributed by atoms with Crippen LogP contribution in [0.1, 0.15) is 20.7 Å². The van der Waals surface area contributed by atoms with E-state index in [-0.39, 0.29) is 27.6 Å². The molecule has 9 heteroatoms. The van der Waals surface area contributed by atoms with Crippen molar-refractivity contribution in [3.63, 3.8) is 0 Å². The number of halogens is 2. The van der Waals surface area contributed by atoms with Crippen LogP contribution in [0, 0.1) is 5.82 Å². The standard InChI is InChI=1S/C18H15ClFNO6/c1-25-17(23)10-5-11(18(24)26-2)7-12(6-10)21-16(22)9-27-13-3-4-15(20)14(19)8-13/h3-8H,9H2,1-2H3,(H,21,22). The number of nitrogens with one attached hydrogen (secondary N) is 1. The van der Waals surface area contributed by atoms with E-state index in [1.807, 2.05) is 0 Å². The van der Waals surface area contributed by atoms with E-state index in [0.29, 0.717) is 0 Å². The number of amides is 1. The van der Waals surface area contributed by atoms with E-state index < -0.39 is 30.3 Å². The number of ether oxygens (including phenoxy) is 3. The minimum absolute atomic E-state index is 0.0573. The first-order valence-electron chi connectivity index (χ1n) is 7.53. The van der Waals surface area contributed by atoms with Crippen LogP contribution < -0.4 is 10.1 Å². The zero-order valence-corrected chi connectivity index (χ0v) is 15.1. The Morgan fingerprint density at radius 1 is 1.00 bits per heavy atom. The number of benzene rings is 2. The van der Waals surface area contributed by atoms with Crippen molar-refractivity contribution in [2.75, 3.05) is 26.1 Å². The number of rotatable bonds is 6. The fraction of sp³-hybridized carbons (Fsp3) is 0.167. The lowest BCUT2D eigenvalue weighted by Crippen LogP contribution is -2.21. The van der Waals surface area contributed by atoms with Crippen molar-refractivity contribution in [3.8, 4) is 5.75 Å². The van der Waals surface area contributed by atoms with Crippen LogP contribution >= 0.6 is 11.6 Å². The van der Waals surface area contributed by atoms with Gasteiger partial charge in [-0.15, -0.1) is 0 Å². The Hall–Kier alpha value is -3.13. The second kappa shape index (κ2) is 9.00. The van der Waals surface area contributed by atoms with Crippen molar-refractivity contribution in [1.82, 2.24) is 0 Å². The Balaban J connectivity index is 2.12. The zero-order chi connectivity index (χ0) is 20.0. The van der Waals surface area contributed by atoms with Gasteiger partial charge in [-0.25, -0.2) is 14.0 Å². The van der Waals surface area contributed by atoms with Crippen molar-refractivity contribution in [2.24, 2.45) is 0 Å². The monoisotopic (exact) mass is 395 g/mol. The first-order valence-corrected chi connectivity index (χ1v) is 7.91. The highest BCUT2D eigenvalue weighted by molar-refractivity contribution is 6.30. The van der Waals surface area contributed by atoms with Gasteiger partial charge < -0.3 is 19.5 Å². The number of anilines is 1. The maximum absolute atomic E-state index is 13.1. The van der Waals surface area contributed by atoms with Gasteiger partial charge in [-0.3, -0.25) is 4.79 Å². The van der Waals surface area contributed by atoms with Gasteiger partial charge in [-0.2, -0.15) is 0 Å². The van der Waals surface area contributed by atoms with Crippen LogP contribution in [0.4, 0.5) is 10.1 Å². The van der Waals surface area contributed by atoms with Crippen molar-refractivity contribution in [2.45, 2.75) is 0 Å². The third kappa shape index (κ3) is 5.42. The average Bonchev–Trinajstić information content (AvgIpc) is 2.67. The Labute approximate surface area is 159 Å². The molecule has 1 amide bonds. The van der Waals surface area contributed by atoms with Crippen LogP contribution in [-0.4, -0.2) is 38.7 Å². The number of hydrogen-bond donors (Lipinski definition) is 1. The molecule has 27 heavy (non-hydrogen) atoms. The van der Waals surface area contributed by atoms with E-state index in [9.17, 15) is 18.8 Å². The lowest BCUT2D eigenvalue weighted by molar-refractivity contribution is -0.118. The first-order chi connectivity index (χ1) is 12.8. The molecule has 0 fully saturated rings. The predicted octanol–water partition coefficient (Wildman–Crippen LogP) is 3.07. The minimum Gasteiger partial charge on any atom is -0.484 e. The number of carbonyl (C=O) groups is 3. The zero-order valence-electron chi connectivity index (χ0n) is 14.4. The fourth-order valence-corrected chi connectivity index (χ4v) is 2.25. The molecule has 2 rings (SSSR count). The van der Waals surface area contributed by atoms with E-state index >= 15 is 0 Å². The normalized spacial score (nSPS) is 10.1. The van der Waals surface area contributed by atoms with Gasteiger partial charge in [0.1, 0.15) is 11.6 Å². The molecule has 142 valence electrons. The maximum atomic E-state index is 13.1. The Morgan fingerprint density at radius 3 is 2.11 bits per heavy atom. The lowest BCUT2D eigenvalue weighted by Gasteiger charge is -2.10. The number of hydrogen-bond acceptors (Lipinski definition) is 6. The minimum atomic E-state index is -0.687. The van der Waals surface area contributed by atoms with Gasteiger partial charge in [-0.05, 0) is 30.3 Å². The smallest absolute Gasteiger partial charge is 0.337 e. The van der Waals surface area contributed by atoms with Crippen LogP contribution in [-0.2, 0) is 14.3 Å². The molecule has 0 spiro atoms. The van der Waals surface area contributed by atoms with Crippen LogP contribution in [0.5, 0.6) is 5.75 Å². The second-order valence-electron chi connectivity index (χ2n) is 5.19. The Morgan fingerprint density at radius 2 is 1.59 bits per heavy atom. The molecule has 0 atom stereocenters. The third-order valence-corrected chi connectivity index (χ3v) is 3.61. The van der Waals surface area contributed by atoms with Crippen LogP contribution in [0.2, 0.25) is 5.02 Å². The summed E-state index contributed by atoms with van der Waals surface area (Å²) in [6.45, 7) is -0.405. The largest absolute Gasteiger partial charge is 0.484 e. The summed E-state index contributed by atoms with van der Waals surface area (Å²) in [6.07, 6.45) is 0. The molecule has 2 aromatic rings. The molecule has 0 aliphatic heterocycles. The SMILES string of the molecule is COC(=O)c1cc(NC(=O)COc2ccc(F)c(Cl)c2)cc(C(=O)OC)c1. The van der Waals surface area contributed by atoms with Gasteiger partial charge in [0.15, 0.2) is 6.61 Å². The summed E-state index contributed by atoms with van der Waals surface area (Å²) in [7, 11) is 2.38. The molecule has 0 aromatic heterocycles. The molecule has 0 unspecified atom stereocenters. The third-order valence-electron chi connectivity index (χ3n) is 3.32. The van der Waals surface area contributed by atoms with Gasteiger partial charge in [0.25, 0.3) is 5.91 Å². The quantitative estimate of drug-likeness (QED) is 0.756. The number of methoxy groups -OCH3 is 2. The molecule has 1 N–H and O–H groups in total. The highest BCUT2D eigenvalue weighted by atomic mass is 35.5. The van der Waals surface area contributed by atoms with Gasteiger partial charge in [0, 0.05) is 11.8 Å². The topological polar surface area (TPSA) is 90.9 Å². The molecular weight excluding hydrogens is 381 g/mol. The molecule has 0 aliphatic carbocycles. The van der Waals surface area contributed by atoms with Crippen LogP contribution in [0.15, 0.2) is 36.4 Å². The number of esters is 2. The van der Waals surface area contributed by atoms with Gasteiger partial charge in [-0.1, -0.05) is 11.6 Å². The summed E-state index contributed by atoms with van der Waals surface area (Å²) in [5.74, 6) is -2.35. The van der Waals surface area contributed by atoms with E-state index in [4.69, 9.17) is 16.3 Å². The van der Waals surface area contributed by atoms with Gasteiger partial charge in [0.2, 0.25) is 0 Å². The van der Waals surface area contributed by atoms with Crippen molar-refractivity contribution >= 4 is 35.1 Å². The summed E-state index contributed by atoms with van der Waals surface area (Å²) in [5, 5.41) is 2.35. The fourth-order valence-electron chi connectivity index (χ4n) is 2.08. The maximum Gasteiger partial charge on any atom is 0.337 e. The average molecular weight is 396 g/mol. The second-order valence-corrected chi connectivity index (χ2v) is 5.60. The molecule has 0 aliphatic rings. The Bertz CT molecular complexity index is 852. The van der Waals surface area contributed by atoms with Crippen molar-refractivity contribution in [1.29, 1.82) is 0 Å². The molecule has 0 saturated carbocycles. The van der Waals surface area contributed by atoms with Crippen LogP contribution in [0.25, 0.3) is 0 Å². The summed E-state index contributed by atoms with van der Waals surface area (Å²) in [5.41, 5.74) is 0.285. The lowest BCUT2D eigenvalue weighted by atomic mass is 10.1. The van der Waals surface area contributed by atoms with E-state index in [0.717, 1.165) is 6.07 Å². The first kappa shape index (κ1) is 20.2. The summed E-state index contributed by atoms with van der Waals surface area (Å²) < 4.78 is 27.6. The molecule has 0 radical (unpaired) electrons. The molecule has 0 heterocycles. The summed E-state index contributed by atoms with van der Waals surface area (Å²) in [4.78, 5) is 35.5. The summed E-state index contributed by atoms with van der Waals surface area (Å²) in [6, 6.07) is 7.62. The van der Waals surface area contributed by atoms with Crippen molar-refractivity contribution in [3.05, 3.63) is 58.4 Å². The predicted molar refractivity (Wildman–Crippen MR) is 94.7 cm³/mol. The van der Waals surface area contributed by atoms with E-state index in [1.165, 1.54) is 44.6 Å². The molecular formula is C18H15ClFNO6. The van der Waals surface area contributed by atoms with E-state index in [1.54, 1.807) is 0 Å². The highest BCUT2D eigenvalue weighted by Gasteiger charge is 2.15. The molecule has 7 nitrogen and oxygen atoms in total. The Kier molecular flexibility index (Phi) is 6.73. The van der Waals surface area contributed by atoms with Gasteiger partial charge >= 0.3 is 11.9 Å². The van der Waals surface area contributed by atoms with Crippen LogP contribution in [0.3, 0.4) is 0 Å². The molecule has 0 bridgehead atoms. The summed E-state index contributed by atoms with van der Waals surface area (Å²) >= 11 is 5.64. The molecule has 0 saturated heterocycles. The van der Waals surface area contributed by atoms with Gasteiger partial charge in [0.05, 0.1) is 30.4 Å².